The van der Waals surface area contributed by atoms with Crippen LogP contribution in [-0.2, 0) is 11.3 Å². The van der Waals surface area contributed by atoms with Gasteiger partial charge in [-0.15, -0.1) is 0 Å². The van der Waals surface area contributed by atoms with Gasteiger partial charge in [-0.2, -0.15) is 0 Å². The minimum absolute atomic E-state index is 0.0431. The quantitative estimate of drug-likeness (QED) is 0.649. The molecule has 0 fully saturated rings. The number of halogens is 1. The Morgan fingerprint density at radius 1 is 1.20 bits per heavy atom. The number of aryl methyl sites for hydroxylation is 1. The van der Waals surface area contributed by atoms with E-state index in [1.165, 1.54) is 17.7 Å². The second kappa shape index (κ2) is 8.82. The van der Waals surface area contributed by atoms with Crippen molar-refractivity contribution in [2.24, 2.45) is 4.99 Å². The average Bonchev–Trinajstić information content (AvgIpc) is 2.57. The Morgan fingerprint density at radius 3 is 2.56 bits per heavy atom. The van der Waals surface area contributed by atoms with E-state index >= 15 is 0 Å². The van der Waals surface area contributed by atoms with Crippen molar-refractivity contribution in [1.29, 1.82) is 0 Å². The van der Waals surface area contributed by atoms with Gasteiger partial charge in [-0.3, -0.25) is 9.79 Å². The summed E-state index contributed by atoms with van der Waals surface area (Å²) in [7, 11) is 3.57. The van der Waals surface area contributed by atoms with Crippen LogP contribution >= 0.6 is 0 Å². The standard InChI is InChI=1S/C19H23FN4O/c1-14-7-9-15(10-8-14)13-24(3)19(21-2)22-12-18(25)23-17-6-4-5-16(20)11-17/h4-11H,12-13H2,1-3H3,(H,21,22)(H,23,25). The monoisotopic (exact) mass is 342 g/mol. The number of hydrogen-bond acceptors (Lipinski definition) is 2. The molecule has 0 aliphatic carbocycles. The van der Waals surface area contributed by atoms with Crippen molar-refractivity contribution >= 4 is 17.6 Å². The maximum Gasteiger partial charge on any atom is 0.243 e. The summed E-state index contributed by atoms with van der Waals surface area (Å²) in [6.45, 7) is 2.76. The Morgan fingerprint density at radius 2 is 1.92 bits per heavy atom. The molecule has 2 aromatic carbocycles. The zero-order valence-electron chi connectivity index (χ0n) is 14.7. The molecule has 0 saturated carbocycles. The van der Waals surface area contributed by atoms with Gasteiger partial charge in [0.2, 0.25) is 5.91 Å². The molecule has 0 saturated heterocycles. The van der Waals surface area contributed by atoms with Crippen LogP contribution in [0.5, 0.6) is 0 Å². The van der Waals surface area contributed by atoms with Crippen LogP contribution < -0.4 is 10.6 Å². The molecule has 0 aromatic heterocycles. The number of hydrogen-bond donors (Lipinski definition) is 2. The highest BCUT2D eigenvalue weighted by Crippen LogP contribution is 2.09. The lowest BCUT2D eigenvalue weighted by atomic mass is 10.1. The highest BCUT2D eigenvalue weighted by Gasteiger charge is 2.09. The second-order valence-electron chi connectivity index (χ2n) is 5.80. The van der Waals surface area contributed by atoms with Crippen molar-refractivity contribution in [3.63, 3.8) is 0 Å². The Labute approximate surface area is 147 Å². The van der Waals surface area contributed by atoms with Crippen LogP contribution in [0.1, 0.15) is 11.1 Å². The van der Waals surface area contributed by atoms with Gasteiger partial charge >= 0.3 is 0 Å². The molecule has 2 rings (SSSR count). The number of amides is 1. The summed E-state index contributed by atoms with van der Waals surface area (Å²) in [4.78, 5) is 18.1. The van der Waals surface area contributed by atoms with Gasteiger partial charge in [0.15, 0.2) is 5.96 Å². The minimum Gasteiger partial charge on any atom is -0.347 e. The third-order valence-electron chi connectivity index (χ3n) is 3.63. The first-order valence-corrected chi connectivity index (χ1v) is 8.00. The van der Waals surface area contributed by atoms with Crippen LogP contribution in [0, 0.1) is 12.7 Å². The maximum atomic E-state index is 13.1. The number of rotatable bonds is 5. The summed E-state index contributed by atoms with van der Waals surface area (Å²) < 4.78 is 13.1. The molecule has 6 heteroatoms. The van der Waals surface area contributed by atoms with E-state index in [4.69, 9.17) is 0 Å². The highest BCUT2D eigenvalue weighted by atomic mass is 19.1. The molecule has 1 amide bonds. The van der Waals surface area contributed by atoms with Gasteiger partial charge in [0.25, 0.3) is 0 Å². The van der Waals surface area contributed by atoms with Crippen LogP contribution in [-0.4, -0.2) is 37.4 Å². The van der Waals surface area contributed by atoms with E-state index in [0.29, 0.717) is 18.2 Å². The molecule has 0 atom stereocenters. The third kappa shape index (κ3) is 5.91. The lowest BCUT2D eigenvalue weighted by Crippen LogP contribution is -2.42. The number of aliphatic imine (C=N–C) groups is 1. The molecule has 0 spiro atoms. The lowest BCUT2D eigenvalue weighted by molar-refractivity contribution is -0.115. The fraction of sp³-hybridized carbons (Fsp3) is 0.263. The summed E-state index contributed by atoms with van der Waals surface area (Å²) in [5.41, 5.74) is 2.79. The van der Waals surface area contributed by atoms with Crippen molar-refractivity contribution in [2.75, 3.05) is 26.0 Å². The summed E-state index contributed by atoms with van der Waals surface area (Å²) in [5, 5.41) is 5.65. The van der Waals surface area contributed by atoms with Crippen molar-refractivity contribution in [2.45, 2.75) is 13.5 Å². The molecular weight excluding hydrogens is 319 g/mol. The second-order valence-corrected chi connectivity index (χ2v) is 5.80. The molecule has 0 aliphatic heterocycles. The van der Waals surface area contributed by atoms with Gasteiger partial charge in [0.05, 0.1) is 6.54 Å². The number of carbonyl (C=O) groups excluding carboxylic acids is 1. The summed E-state index contributed by atoms with van der Waals surface area (Å²) >= 11 is 0. The lowest BCUT2D eigenvalue weighted by Gasteiger charge is -2.22. The fourth-order valence-corrected chi connectivity index (χ4v) is 2.36. The van der Waals surface area contributed by atoms with E-state index in [9.17, 15) is 9.18 Å². The molecule has 0 heterocycles. The number of nitrogens with one attached hydrogen (secondary N) is 2. The first-order chi connectivity index (χ1) is 12.0. The van der Waals surface area contributed by atoms with E-state index in [2.05, 4.69) is 39.9 Å². The summed E-state index contributed by atoms with van der Waals surface area (Å²) in [6, 6.07) is 14.0. The van der Waals surface area contributed by atoms with Gasteiger partial charge in [0, 0.05) is 26.3 Å². The molecule has 2 N–H and O–H groups in total. The molecule has 0 aliphatic rings. The van der Waals surface area contributed by atoms with Gasteiger partial charge in [-0.05, 0) is 30.7 Å². The van der Waals surface area contributed by atoms with Gasteiger partial charge in [-0.1, -0.05) is 35.9 Å². The van der Waals surface area contributed by atoms with E-state index in [1.807, 2.05) is 18.9 Å². The smallest absolute Gasteiger partial charge is 0.243 e. The number of guanidine groups is 1. The largest absolute Gasteiger partial charge is 0.347 e. The highest BCUT2D eigenvalue weighted by molar-refractivity contribution is 5.94. The number of anilines is 1. The van der Waals surface area contributed by atoms with E-state index < -0.39 is 0 Å². The average molecular weight is 342 g/mol. The van der Waals surface area contributed by atoms with Crippen LogP contribution in [0.25, 0.3) is 0 Å². The maximum absolute atomic E-state index is 13.1. The molecule has 25 heavy (non-hydrogen) atoms. The molecule has 132 valence electrons. The number of nitrogens with zero attached hydrogens (tertiary/aromatic N) is 2. The molecule has 0 bridgehead atoms. The molecular formula is C19H23FN4O. The predicted octanol–water partition coefficient (Wildman–Crippen LogP) is 2.78. The molecule has 5 nitrogen and oxygen atoms in total. The first-order valence-electron chi connectivity index (χ1n) is 8.00. The summed E-state index contributed by atoms with van der Waals surface area (Å²) in [5.74, 6) is -0.0511. The first kappa shape index (κ1) is 18.4. The van der Waals surface area contributed by atoms with Crippen LogP contribution in [0.2, 0.25) is 0 Å². The zero-order chi connectivity index (χ0) is 18.2. The van der Waals surface area contributed by atoms with E-state index in [-0.39, 0.29) is 18.3 Å². The normalized spacial score (nSPS) is 11.1. The fourth-order valence-electron chi connectivity index (χ4n) is 2.36. The van der Waals surface area contributed by atoms with Gasteiger partial charge < -0.3 is 15.5 Å². The Hall–Kier alpha value is -2.89. The SMILES string of the molecule is CN=C(NCC(=O)Nc1cccc(F)c1)N(C)Cc1ccc(C)cc1. The van der Waals surface area contributed by atoms with Crippen LogP contribution in [0.15, 0.2) is 53.5 Å². The zero-order valence-corrected chi connectivity index (χ0v) is 14.7. The summed E-state index contributed by atoms with van der Waals surface area (Å²) in [6.07, 6.45) is 0. The Bertz CT molecular complexity index is 743. The Kier molecular flexibility index (Phi) is 6.51. The van der Waals surface area contributed by atoms with Crippen molar-refractivity contribution in [3.05, 3.63) is 65.5 Å². The molecule has 2 aromatic rings. The van der Waals surface area contributed by atoms with Crippen molar-refractivity contribution < 1.29 is 9.18 Å². The van der Waals surface area contributed by atoms with Crippen LogP contribution in [0.3, 0.4) is 0 Å². The van der Waals surface area contributed by atoms with Crippen LogP contribution in [0.4, 0.5) is 10.1 Å². The molecule has 0 unspecified atom stereocenters. The van der Waals surface area contributed by atoms with Crippen molar-refractivity contribution in [1.82, 2.24) is 10.2 Å². The topological polar surface area (TPSA) is 56.7 Å². The predicted molar refractivity (Wildman–Crippen MR) is 99.0 cm³/mol. The van der Waals surface area contributed by atoms with Crippen molar-refractivity contribution in [3.8, 4) is 0 Å². The Balaban J connectivity index is 1.86. The number of benzene rings is 2. The van der Waals surface area contributed by atoms with Gasteiger partial charge in [-0.25, -0.2) is 4.39 Å². The van der Waals surface area contributed by atoms with Gasteiger partial charge in [0.1, 0.15) is 5.82 Å². The minimum atomic E-state index is -0.389. The third-order valence-corrected chi connectivity index (χ3v) is 3.63. The van der Waals surface area contributed by atoms with E-state index in [1.54, 1.807) is 19.2 Å². The van der Waals surface area contributed by atoms with E-state index in [0.717, 1.165) is 5.56 Å². The molecule has 0 radical (unpaired) electrons. The number of carbonyl (C=O) groups is 1.